The summed E-state index contributed by atoms with van der Waals surface area (Å²) in [6, 6.07) is 0.617. The highest BCUT2D eigenvalue weighted by atomic mass is 32.2. The van der Waals surface area contributed by atoms with Crippen molar-refractivity contribution >= 4 is 10.0 Å². The fraction of sp³-hybridized carbons (Fsp3) is 1.00. The first-order chi connectivity index (χ1) is 7.15. The van der Waals surface area contributed by atoms with Crippen LogP contribution in [0.25, 0.3) is 0 Å². The van der Waals surface area contributed by atoms with Crippen LogP contribution in [0.1, 0.15) is 32.6 Å². The smallest absolute Gasteiger partial charge is 0.214 e. The highest BCUT2D eigenvalue weighted by Crippen LogP contribution is 2.27. The van der Waals surface area contributed by atoms with Crippen LogP contribution in [-0.4, -0.2) is 43.6 Å². The fourth-order valence-electron chi connectivity index (χ4n) is 2.73. The second-order valence-corrected chi connectivity index (χ2v) is 6.63. The summed E-state index contributed by atoms with van der Waals surface area (Å²) >= 11 is 0. The van der Waals surface area contributed by atoms with Crippen LogP contribution in [0.4, 0.5) is 0 Å². The summed E-state index contributed by atoms with van der Waals surface area (Å²) in [5.74, 6) is 0.232. The maximum absolute atomic E-state index is 11.9. The van der Waals surface area contributed by atoms with Crippen molar-refractivity contribution in [1.82, 2.24) is 9.62 Å². The SMILES string of the molecule is CCS(=O)(=O)N1CCNC2CCCCC21. The molecule has 5 heteroatoms. The van der Waals surface area contributed by atoms with Gasteiger partial charge in [-0.05, 0) is 19.8 Å². The van der Waals surface area contributed by atoms with Gasteiger partial charge in [-0.3, -0.25) is 0 Å². The molecule has 2 aliphatic rings. The second kappa shape index (κ2) is 4.39. The first kappa shape index (κ1) is 11.4. The van der Waals surface area contributed by atoms with Crippen molar-refractivity contribution in [3.63, 3.8) is 0 Å². The minimum Gasteiger partial charge on any atom is -0.311 e. The van der Waals surface area contributed by atoms with Gasteiger partial charge in [0.05, 0.1) is 5.75 Å². The predicted octanol–water partition coefficient (Wildman–Crippen LogP) is 0.552. The number of hydrogen-bond acceptors (Lipinski definition) is 3. The molecular weight excluding hydrogens is 212 g/mol. The molecule has 2 fully saturated rings. The monoisotopic (exact) mass is 232 g/mol. The fourth-order valence-corrected chi connectivity index (χ4v) is 4.10. The molecule has 15 heavy (non-hydrogen) atoms. The van der Waals surface area contributed by atoms with Gasteiger partial charge in [0.25, 0.3) is 0 Å². The zero-order valence-corrected chi connectivity index (χ0v) is 10.1. The summed E-state index contributed by atoms with van der Waals surface area (Å²) in [7, 11) is -3.00. The molecule has 1 aliphatic carbocycles. The Labute approximate surface area is 92.1 Å². The van der Waals surface area contributed by atoms with Gasteiger partial charge >= 0.3 is 0 Å². The maximum Gasteiger partial charge on any atom is 0.214 e. The van der Waals surface area contributed by atoms with E-state index in [0.29, 0.717) is 12.6 Å². The van der Waals surface area contributed by atoms with Crippen molar-refractivity contribution < 1.29 is 8.42 Å². The lowest BCUT2D eigenvalue weighted by molar-refractivity contribution is 0.162. The Balaban J connectivity index is 2.17. The Hall–Kier alpha value is -0.130. The van der Waals surface area contributed by atoms with E-state index in [4.69, 9.17) is 0 Å². The highest BCUT2D eigenvalue weighted by molar-refractivity contribution is 7.89. The minimum atomic E-state index is -3.00. The van der Waals surface area contributed by atoms with E-state index < -0.39 is 10.0 Å². The molecule has 1 heterocycles. The summed E-state index contributed by atoms with van der Waals surface area (Å²) in [5, 5.41) is 3.44. The molecule has 0 spiro atoms. The van der Waals surface area contributed by atoms with Gasteiger partial charge in [0.15, 0.2) is 0 Å². The molecule has 0 aromatic rings. The number of sulfonamides is 1. The van der Waals surface area contributed by atoms with Gasteiger partial charge in [0.2, 0.25) is 10.0 Å². The second-order valence-electron chi connectivity index (χ2n) is 4.42. The molecule has 88 valence electrons. The summed E-state index contributed by atoms with van der Waals surface area (Å²) in [6.45, 7) is 3.19. The van der Waals surface area contributed by atoms with E-state index >= 15 is 0 Å². The Bertz CT molecular complexity index is 313. The van der Waals surface area contributed by atoms with E-state index in [-0.39, 0.29) is 11.8 Å². The number of nitrogens with one attached hydrogen (secondary N) is 1. The molecule has 0 aromatic carbocycles. The van der Waals surface area contributed by atoms with Crippen LogP contribution in [0, 0.1) is 0 Å². The lowest BCUT2D eigenvalue weighted by Crippen LogP contribution is -2.60. The van der Waals surface area contributed by atoms with Crippen molar-refractivity contribution in [3.05, 3.63) is 0 Å². The molecule has 0 amide bonds. The van der Waals surface area contributed by atoms with E-state index in [1.54, 1.807) is 11.2 Å². The topological polar surface area (TPSA) is 49.4 Å². The normalized spacial score (nSPS) is 33.7. The Morgan fingerprint density at radius 3 is 2.80 bits per heavy atom. The quantitative estimate of drug-likeness (QED) is 0.756. The number of nitrogens with zero attached hydrogens (tertiary/aromatic N) is 1. The Kier molecular flexibility index (Phi) is 3.33. The third-order valence-electron chi connectivity index (χ3n) is 3.56. The predicted molar refractivity (Wildman–Crippen MR) is 60.2 cm³/mol. The van der Waals surface area contributed by atoms with Gasteiger partial charge in [-0.25, -0.2) is 8.42 Å². The Morgan fingerprint density at radius 1 is 1.33 bits per heavy atom. The third-order valence-corrected chi connectivity index (χ3v) is 5.46. The van der Waals surface area contributed by atoms with Crippen molar-refractivity contribution in [2.45, 2.75) is 44.7 Å². The van der Waals surface area contributed by atoms with Crippen LogP contribution in [-0.2, 0) is 10.0 Å². The van der Waals surface area contributed by atoms with Crippen LogP contribution in [0.3, 0.4) is 0 Å². The van der Waals surface area contributed by atoms with Gasteiger partial charge in [-0.15, -0.1) is 0 Å². The van der Waals surface area contributed by atoms with Crippen molar-refractivity contribution in [2.75, 3.05) is 18.8 Å². The molecular formula is C10H20N2O2S. The average Bonchev–Trinajstić information content (AvgIpc) is 2.28. The first-order valence-electron chi connectivity index (χ1n) is 5.88. The van der Waals surface area contributed by atoms with Crippen LogP contribution < -0.4 is 5.32 Å². The molecule has 2 atom stereocenters. The average molecular weight is 232 g/mol. The number of hydrogen-bond donors (Lipinski definition) is 1. The molecule has 0 radical (unpaired) electrons. The van der Waals surface area contributed by atoms with E-state index in [9.17, 15) is 8.42 Å². The zero-order chi connectivity index (χ0) is 10.9. The van der Waals surface area contributed by atoms with Gasteiger partial charge in [-0.1, -0.05) is 12.8 Å². The first-order valence-corrected chi connectivity index (χ1v) is 7.49. The Morgan fingerprint density at radius 2 is 2.07 bits per heavy atom. The van der Waals surface area contributed by atoms with Gasteiger partial charge < -0.3 is 5.32 Å². The molecule has 1 N–H and O–H groups in total. The lowest BCUT2D eigenvalue weighted by atomic mass is 9.89. The van der Waals surface area contributed by atoms with E-state index in [0.717, 1.165) is 19.4 Å². The summed E-state index contributed by atoms with van der Waals surface area (Å²) in [4.78, 5) is 0. The van der Waals surface area contributed by atoms with Crippen molar-refractivity contribution in [3.8, 4) is 0 Å². The minimum absolute atomic E-state index is 0.220. The summed E-state index contributed by atoms with van der Waals surface area (Å²) in [5.41, 5.74) is 0. The van der Waals surface area contributed by atoms with Gasteiger partial charge in [0, 0.05) is 25.2 Å². The molecule has 0 bridgehead atoms. The number of piperazine rings is 1. The molecule has 2 rings (SSSR count). The highest BCUT2D eigenvalue weighted by Gasteiger charge is 2.38. The molecule has 1 saturated carbocycles. The van der Waals surface area contributed by atoms with Crippen molar-refractivity contribution in [2.24, 2.45) is 0 Å². The molecule has 2 unspecified atom stereocenters. The molecule has 1 aliphatic heterocycles. The van der Waals surface area contributed by atoms with Crippen LogP contribution in [0.2, 0.25) is 0 Å². The van der Waals surface area contributed by atoms with E-state index in [1.165, 1.54) is 12.8 Å². The van der Waals surface area contributed by atoms with Crippen molar-refractivity contribution in [1.29, 1.82) is 0 Å². The number of fused-ring (bicyclic) bond motifs is 1. The van der Waals surface area contributed by atoms with E-state index in [1.807, 2.05) is 0 Å². The zero-order valence-electron chi connectivity index (χ0n) is 9.28. The van der Waals surface area contributed by atoms with Gasteiger partial charge in [0.1, 0.15) is 0 Å². The van der Waals surface area contributed by atoms with E-state index in [2.05, 4.69) is 5.32 Å². The largest absolute Gasteiger partial charge is 0.311 e. The summed E-state index contributed by atoms with van der Waals surface area (Å²) < 4.78 is 25.6. The molecule has 4 nitrogen and oxygen atoms in total. The van der Waals surface area contributed by atoms with Crippen LogP contribution in [0.15, 0.2) is 0 Å². The third kappa shape index (κ3) is 2.19. The number of rotatable bonds is 2. The van der Waals surface area contributed by atoms with Gasteiger partial charge in [-0.2, -0.15) is 4.31 Å². The molecule has 0 aromatic heterocycles. The van der Waals surface area contributed by atoms with Crippen LogP contribution >= 0.6 is 0 Å². The summed E-state index contributed by atoms with van der Waals surface area (Å²) in [6.07, 6.45) is 4.55. The maximum atomic E-state index is 11.9. The van der Waals surface area contributed by atoms with Crippen LogP contribution in [0.5, 0.6) is 0 Å². The standard InChI is InChI=1S/C10H20N2O2S/c1-2-15(13,14)12-8-7-11-9-5-3-4-6-10(9)12/h9-11H,2-8H2,1H3. The molecule has 1 saturated heterocycles. The lowest BCUT2D eigenvalue weighted by Gasteiger charge is -2.43.